The normalized spacial score (nSPS) is 20.9. The number of nitrogens with one attached hydrogen (secondary N) is 1. The summed E-state index contributed by atoms with van der Waals surface area (Å²) in [4.78, 5) is 24.0. The first kappa shape index (κ1) is 18.3. The van der Waals surface area contributed by atoms with Gasteiger partial charge in [-0.2, -0.15) is 0 Å². The number of fused-ring (bicyclic) bond motifs is 1. The second-order valence-corrected chi connectivity index (χ2v) is 7.04. The standard InChI is InChI=1S/C21H20FNO5/c22-14-4-1-12(2-5-14)17(21(25)26)11-23-20(24)16-10-15(16)13-3-6-18-19(9-13)28-8-7-27-18/h1-6,9,15-17H,7-8,10-11H2,(H,23,24)(H,25,26). The van der Waals surface area contributed by atoms with Crippen molar-refractivity contribution < 1.29 is 28.6 Å². The maximum atomic E-state index is 13.1. The maximum Gasteiger partial charge on any atom is 0.312 e. The van der Waals surface area contributed by atoms with Gasteiger partial charge in [0.05, 0.1) is 5.92 Å². The molecule has 2 aromatic carbocycles. The van der Waals surface area contributed by atoms with Gasteiger partial charge in [-0.25, -0.2) is 4.39 Å². The van der Waals surface area contributed by atoms with Gasteiger partial charge in [-0.05, 0) is 47.7 Å². The van der Waals surface area contributed by atoms with Gasteiger partial charge < -0.3 is 19.9 Å². The van der Waals surface area contributed by atoms with E-state index < -0.39 is 17.7 Å². The highest BCUT2D eigenvalue weighted by Gasteiger charge is 2.44. The molecule has 1 amide bonds. The summed E-state index contributed by atoms with van der Waals surface area (Å²) in [6, 6.07) is 11.0. The number of benzene rings is 2. The average Bonchev–Trinajstić information content (AvgIpc) is 3.50. The summed E-state index contributed by atoms with van der Waals surface area (Å²) in [5, 5.41) is 12.2. The van der Waals surface area contributed by atoms with Crippen LogP contribution in [0.3, 0.4) is 0 Å². The monoisotopic (exact) mass is 385 g/mol. The van der Waals surface area contributed by atoms with Crippen LogP contribution in [0.15, 0.2) is 42.5 Å². The van der Waals surface area contributed by atoms with Gasteiger partial charge in [-0.3, -0.25) is 9.59 Å². The number of amides is 1. The smallest absolute Gasteiger partial charge is 0.312 e. The third-order valence-electron chi connectivity index (χ3n) is 5.17. The summed E-state index contributed by atoms with van der Waals surface area (Å²) < 4.78 is 24.1. The van der Waals surface area contributed by atoms with Gasteiger partial charge in [-0.1, -0.05) is 18.2 Å². The Bertz CT molecular complexity index is 898. The van der Waals surface area contributed by atoms with Crippen LogP contribution in [0.5, 0.6) is 11.5 Å². The lowest BCUT2D eigenvalue weighted by atomic mass is 9.99. The van der Waals surface area contributed by atoms with Crippen LogP contribution in [0, 0.1) is 11.7 Å². The molecule has 4 rings (SSSR count). The molecule has 3 unspecified atom stereocenters. The van der Waals surface area contributed by atoms with Crippen molar-refractivity contribution in [3.05, 3.63) is 59.4 Å². The van der Waals surface area contributed by atoms with Crippen LogP contribution in [0.2, 0.25) is 0 Å². The van der Waals surface area contributed by atoms with E-state index in [1.807, 2.05) is 18.2 Å². The van der Waals surface area contributed by atoms with Crippen LogP contribution < -0.4 is 14.8 Å². The summed E-state index contributed by atoms with van der Waals surface area (Å²) in [7, 11) is 0. The molecule has 2 aliphatic rings. The minimum Gasteiger partial charge on any atom is -0.486 e. The summed E-state index contributed by atoms with van der Waals surface area (Å²) in [6.45, 7) is 0.995. The lowest BCUT2D eigenvalue weighted by molar-refractivity contribution is -0.138. The quantitative estimate of drug-likeness (QED) is 0.799. The Morgan fingerprint density at radius 1 is 1.11 bits per heavy atom. The molecule has 6 nitrogen and oxygen atoms in total. The van der Waals surface area contributed by atoms with Gasteiger partial charge in [0.25, 0.3) is 0 Å². The van der Waals surface area contributed by atoms with Crippen LogP contribution in [0.25, 0.3) is 0 Å². The molecule has 3 atom stereocenters. The van der Waals surface area contributed by atoms with Crippen LogP contribution >= 0.6 is 0 Å². The van der Waals surface area contributed by atoms with E-state index in [9.17, 15) is 19.1 Å². The highest BCUT2D eigenvalue weighted by atomic mass is 19.1. The fourth-order valence-electron chi connectivity index (χ4n) is 3.52. The van der Waals surface area contributed by atoms with E-state index in [1.165, 1.54) is 24.3 Å². The lowest BCUT2D eigenvalue weighted by Gasteiger charge is -2.19. The molecule has 1 aliphatic carbocycles. The van der Waals surface area contributed by atoms with E-state index >= 15 is 0 Å². The zero-order valence-electron chi connectivity index (χ0n) is 15.1. The van der Waals surface area contributed by atoms with E-state index in [1.54, 1.807) is 0 Å². The molecule has 0 radical (unpaired) electrons. The third-order valence-corrected chi connectivity index (χ3v) is 5.17. The number of hydrogen-bond acceptors (Lipinski definition) is 4. The Morgan fingerprint density at radius 3 is 2.54 bits per heavy atom. The van der Waals surface area contributed by atoms with Crippen molar-refractivity contribution in [2.75, 3.05) is 19.8 Å². The van der Waals surface area contributed by atoms with E-state index in [-0.39, 0.29) is 24.3 Å². The van der Waals surface area contributed by atoms with Gasteiger partial charge in [0.2, 0.25) is 5.91 Å². The summed E-state index contributed by atoms with van der Waals surface area (Å²) in [5.74, 6) is -1.29. The Balaban J connectivity index is 1.37. The largest absolute Gasteiger partial charge is 0.486 e. The molecule has 1 heterocycles. The van der Waals surface area contributed by atoms with E-state index in [0.717, 1.165) is 5.56 Å². The van der Waals surface area contributed by atoms with Gasteiger partial charge in [0.1, 0.15) is 19.0 Å². The van der Waals surface area contributed by atoms with Crippen LogP contribution in [-0.4, -0.2) is 36.7 Å². The molecule has 0 bridgehead atoms. The minimum atomic E-state index is -1.06. The fourth-order valence-corrected chi connectivity index (χ4v) is 3.52. The Kier molecular flexibility index (Phi) is 4.90. The number of ether oxygens (including phenoxy) is 2. The molecular formula is C21H20FNO5. The number of carbonyl (C=O) groups excluding carboxylic acids is 1. The van der Waals surface area contributed by atoms with Gasteiger partial charge in [-0.15, -0.1) is 0 Å². The van der Waals surface area contributed by atoms with Crippen LogP contribution in [-0.2, 0) is 9.59 Å². The number of carboxylic acid groups (broad SMARTS) is 1. The molecule has 1 aliphatic heterocycles. The zero-order valence-corrected chi connectivity index (χ0v) is 15.1. The topological polar surface area (TPSA) is 84.9 Å². The van der Waals surface area contributed by atoms with Crippen molar-refractivity contribution in [2.45, 2.75) is 18.3 Å². The minimum absolute atomic E-state index is 0.0375. The predicted molar refractivity (Wildman–Crippen MR) is 98.1 cm³/mol. The first-order chi connectivity index (χ1) is 13.5. The van der Waals surface area contributed by atoms with E-state index in [2.05, 4.69) is 5.32 Å². The first-order valence-corrected chi connectivity index (χ1v) is 9.18. The molecule has 7 heteroatoms. The highest BCUT2D eigenvalue weighted by molar-refractivity contribution is 5.84. The molecule has 146 valence electrons. The van der Waals surface area contributed by atoms with Crippen molar-refractivity contribution >= 4 is 11.9 Å². The Labute approximate surface area is 161 Å². The van der Waals surface area contributed by atoms with Crippen molar-refractivity contribution in [3.8, 4) is 11.5 Å². The van der Waals surface area contributed by atoms with Crippen LogP contribution in [0.4, 0.5) is 4.39 Å². The number of hydrogen-bond donors (Lipinski definition) is 2. The first-order valence-electron chi connectivity index (χ1n) is 9.18. The number of rotatable bonds is 6. The molecule has 1 saturated carbocycles. The molecule has 2 N–H and O–H groups in total. The van der Waals surface area contributed by atoms with Gasteiger partial charge in [0.15, 0.2) is 11.5 Å². The van der Waals surface area contributed by atoms with E-state index in [0.29, 0.717) is 36.7 Å². The summed E-state index contributed by atoms with van der Waals surface area (Å²) in [6.07, 6.45) is 0.708. The van der Waals surface area contributed by atoms with Gasteiger partial charge >= 0.3 is 5.97 Å². The Morgan fingerprint density at radius 2 is 1.82 bits per heavy atom. The molecule has 1 fully saturated rings. The van der Waals surface area contributed by atoms with Gasteiger partial charge in [0, 0.05) is 12.5 Å². The van der Waals surface area contributed by atoms with Crippen molar-refractivity contribution in [1.82, 2.24) is 5.32 Å². The van der Waals surface area contributed by atoms with Crippen LogP contribution in [0.1, 0.15) is 29.4 Å². The molecular weight excluding hydrogens is 365 g/mol. The fraction of sp³-hybridized carbons (Fsp3) is 0.333. The molecule has 0 aromatic heterocycles. The third kappa shape index (κ3) is 3.78. The second-order valence-electron chi connectivity index (χ2n) is 7.04. The number of aliphatic carboxylic acids is 1. The molecule has 0 saturated heterocycles. The zero-order chi connectivity index (χ0) is 19.7. The summed E-state index contributed by atoms with van der Waals surface area (Å²) >= 11 is 0. The SMILES string of the molecule is O=C(O)C(CNC(=O)C1CC1c1ccc2c(c1)OCCO2)c1ccc(F)cc1. The van der Waals surface area contributed by atoms with Crippen molar-refractivity contribution in [3.63, 3.8) is 0 Å². The Hall–Kier alpha value is -3.09. The number of carbonyl (C=O) groups is 2. The van der Waals surface area contributed by atoms with Crippen molar-refractivity contribution in [1.29, 1.82) is 0 Å². The molecule has 2 aromatic rings. The average molecular weight is 385 g/mol. The highest BCUT2D eigenvalue weighted by Crippen LogP contribution is 2.49. The molecule has 0 spiro atoms. The second kappa shape index (κ2) is 7.50. The summed E-state index contributed by atoms with van der Waals surface area (Å²) in [5.41, 5.74) is 1.46. The lowest BCUT2D eigenvalue weighted by Crippen LogP contribution is -2.33. The number of carboxylic acids is 1. The maximum absolute atomic E-state index is 13.1. The number of halogens is 1. The predicted octanol–water partition coefficient (Wildman–Crippen LogP) is 2.69. The van der Waals surface area contributed by atoms with E-state index in [4.69, 9.17) is 9.47 Å². The molecule has 28 heavy (non-hydrogen) atoms. The van der Waals surface area contributed by atoms with Crippen molar-refractivity contribution in [2.24, 2.45) is 5.92 Å².